The van der Waals surface area contributed by atoms with Crippen LogP contribution in [0.1, 0.15) is 41.6 Å². The maximum absolute atomic E-state index is 12.2. The molecule has 1 heterocycles. The Balaban J connectivity index is 2.70. The third-order valence-electron chi connectivity index (χ3n) is 2.89. The lowest BCUT2D eigenvalue weighted by Crippen LogP contribution is -2.44. The van der Waals surface area contributed by atoms with Crippen molar-refractivity contribution in [3.8, 4) is 0 Å². The van der Waals surface area contributed by atoms with E-state index in [1.54, 1.807) is 20.8 Å². The number of nitrogens with one attached hydrogen (secondary N) is 3. The Hall–Kier alpha value is -2.42. The monoisotopic (exact) mass is 355 g/mol. The number of anilines is 1. The Labute approximate surface area is 143 Å². The number of hydrogen-bond acceptors (Lipinski definition) is 6. The van der Waals surface area contributed by atoms with Gasteiger partial charge in [-0.3, -0.25) is 14.9 Å². The molecule has 3 N–H and O–H groups in total. The number of rotatable bonds is 5. The maximum Gasteiger partial charge on any atom is 0.341 e. The van der Waals surface area contributed by atoms with Gasteiger partial charge in [-0.15, -0.1) is 11.3 Å². The molecule has 0 saturated carbocycles. The van der Waals surface area contributed by atoms with Gasteiger partial charge in [0.15, 0.2) is 6.61 Å². The van der Waals surface area contributed by atoms with Crippen LogP contribution in [0.2, 0.25) is 0 Å². The van der Waals surface area contributed by atoms with Crippen LogP contribution in [0.25, 0.3) is 0 Å². The number of carbonyl (C=O) groups excluding carboxylic acids is 4. The molecule has 0 atom stereocenters. The minimum Gasteiger partial charge on any atom is -0.452 e. The fourth-order valence-corrected chi connectivity index (χ4v) is 2.88. The Morgan fingerprint density at radius 3 is 2.33 bits per heavy atom. The number of thiophene rings is 1. The van der Waals surface area contributed by atoms with Crippen LogP contribution in [-0.4, -0.2) is 36.5 Å². The van der Waals surface area contributed by atoms with Gasteiger partial charge < -0.3 is 15.4 Å². The molecule has 1 aromatic heterocycles. The van der Waals surface area contributed by atoms with E-state index >= 15 is 0 Å². The highest BCUT2D eigenvalue weighted by molar-refractivity contribution is 7.16. The van der Waals surface area contributed by atoms with Gasteiger partial charge >= 0.3 is 12.0 Å². The van der Waals surface area contributed by atoms with Crippen molar-refractivity contribution in [3.05, 3.63) is 16.0 Å². The van der Waals surface area contributed by atoms with E-state index in [-0.39, 0.29) is 17.5 Å². The maximum atomic E-state index is 12.2. The standard InChI is InChI=1S/C15H21N3O5S/c1-7(2)16-15(22)18-11(20)6-23-14(21)12-8(3)9(4)24-13(12)17-10(5)19/h7H,6H2,1-5H3,(H,17,19)(H2,16,18,20,22). The van der Waals surface area contributed by atoms with Crippen molar-refractivity contribution in [2.45, 2.75) is 40.7 Å². The first-order chi connectivity index (χ1) is 11.1. The molecule has 8 nitrogen and oxygen atoms in total. The number of esters is 1. The molecular weight excluding hydrogens is 334 g/mol. The SMILES string of the molecule is CC(=O)Nc1sc(C)c(C)c1C(=O)OCC(=O)NC(=O)NC(C)C. The molecule has 0 spiro atoms. The largest absolute Gasteiger partial charge is 0.452 e. The molecule has 1 rings (SSSR count). The van der Waals surface area contributed by atoms with Crippen LogP contribution < -0.4 is 16.0 Å². The zero-order chi connectivity index (χ0) is 18.4. The van der Waals surface area contributed by atoms with Gasteiger partial charge in [-0.2, -0.15) is 0 Å². The average Bonchev–Trinajstić information content (AvgIpc) is 2.69. The van der Waals surface area contributed by atoms with E-state index in [2.05, 4.69) is 16.0 Å². The molecule has 9 heteroatoms. The summed E-state index contributed by atoms with van der Waals surface area (Å²) in [6, 6.07) is -0.787. The molecule has 0 aliphatic carbocycles. The lowest BCUT2D eigenvalue weighted by molar-refractivity contribution is -0.123. The van der Waals surface area contributed by atoms with E-state index < -0.39 is 24.5 Å². The number of hydrogen-bond donors (Lipinski definition) is 3. The molecule has 0 aliphatic heterocycles. The number of ether oxygens (including phenoxy) is 1. The van der Waals surface area contributed by atoms with E-state index in [1.807, 2.05) is 6.92 Å². The van der Waals surface area contributed by atoms with Crippen LogP contribution in [0.15, 0.2) is 0 Å². The van der Waals surface area contributed by atoms with Crippen LogP contribution in [0.5, 0.6) is 0 Å². The molecular formula is C15H21N3O5S. The smallest absolute Gasteiger partial charge is 0.341 e. The summed E-state index contributed by atoms with van der Waals surface area (Å²) in [6.07, 6.45) is 0. The van der Waals surface area contributed by atoms with Crippen LogP contribution in [-0.2, 0) is 14.3 Å². The lowest BCUT2D eigenvalue weighted by Gasteiger charge is -2.10. The van der Waals surface area contributed by atoms with Gasteiger partial charge in [0.1, 0.15) is 5.00 Å². The van der Waals surface area contributed by atoms with Gasteiger partial charge in [0, 0.05) is 17.8 Å². The first-order valence-electron chi connectivity index (χ1n) is 7.26. The fraction of sp³-hybridized carbons (Fsp3) is 0.467. The summed E-state index contributed by atoms with van der Waals surface area (Å²) in [5, 5.41) is 7.48. The predicted molar refractivity (Wildman–Crippen MR) is 90.2 cm³/mol. The molecule has 4 amide bonds. The molecule has 0 radical (unpaired) electrons. The van der Waals surface area contributed by atoms with Crippen LogP contribution in [0.3, 0.4) is 0 Å². The number of carbonyl (C=O) groups is 4. The lowest BCUT2D eigenvalue weighted by atomic mass is 10.1. The Morgan fingerprint density at radius 2 is 1.79 bits per heavy atom. The minimum atomic E-state index is -0.743. The number of amides is 4. The number of urea groups is 1. The van der Waals surface area contributed by atoms with Crippen molar-refractivity contribution < 1.29 is 23.9 Å². The van der Waals surface area contributed by atoms with Gasteiger partial charge in [0.05, 0.1) is 5.56 Å². The summed E-state index contributed by atoms with van der Waals surface area (Å²) in [5.41, 5.74) is 0.888. The molecule has 0 bridgehead atoms. The number of aryl methyl sites for hydroxylation is 1. The van der Waals surface area contributed by atoms with Gasteiger partial charge in [-0.25, -0.2) is 9.59 Å². The average molecular weight is 355 g/mol. The van der Waals surface area contributed by atoms with Gasteiger partial charge in [-0.05, 0) is 33.3 Å². The fourth-order valence-electron chi connectivity index (χ4n) is 1.78. The summed E-state index contributed by atoms with van der Waals surface area (Å²) >= 11 is 1.25. The molecule has 0 aromatic carbocycles. The highest BCUT2D eigenvalue weighted by atomic mass is 32.1. The molecule has 1 aromatic rings. The first kappa shape index (κ1) is 19.6. The Bertz CT molecular complexity index is 666. The van der Waals surface area contributed by atoms with Crippen LogP contribution in [0.4, 0.5) is 9.80 Å². The van der Waals surface area contributed by atoms with Crippen molar-refractivity contribution in [2.75, 3.05) is 11.9 Å². The van der Waals surface area contributed by atoms with Crippen molar-refractivity contribution in [2.24, 2.45) is 0 Å². The Kier molecular flexibility index (Phi) is 6.90. The molecule has 0 fully saturated rings. The van der Waals surface area contributed by atoms with Crippen molar-refractivity contribution in [3.63, 3.8) is 0 Å². The summed E-state index contributed by atoms with van der Waals surface area (Å²) < 4.78 is 4.94. The van der Waals surface area contributed by atoms with Crippen LogP contribution >= 0.6 is 11.3 Å². The molecule has 132 valence electrons. The number of imide groups is 1. The summed E-state index contributed by atoms with van der Waals surface area (Å²) in [7, 11) is 0. The normalized spacial score (nSPS) is 10.2. The summed E-state index contributed by atoms with van der Waals surface area (Å²) in [5.74, 6) is -1.79. The molecule has 0 saturated heterocycles. The zero-order valence-electron chi connectivity index (χ0n) is 14.2. The highest BCUT2D eigenvalue weighted by Gasteiger charge is 2.22. The second-order valence-electron chi connectivity index (χ2n) is 5.42. The highest BCUT2D eigenvalue weighted by Crippen LogP contribution is 2.32. The van der Waals surface area contributed by atoms with E-state index in [1.165, 1.54) is 18.3 Å². The minimum absolute atomic E-state index is 0.128. The summed E-state index contributed by atoms with van der Waals surface area (Å²) in [6.45, 7) is 7.76. The second kappa shape index (κ2) is 8.44. The quantitative estimate of drug-likeness (QED) is 0.696. The van der Waals surface area contributed by atoms with Crippen molar-refractivity contribution in [1.29, 1.82) is 0 Å². The second-order valence-corrected chi connectivity index (χ2v) is 6.65. The molecule has 0 unspecified atom stereocenters. The Morgan fingerprint density at radius 1 is 1.17 bits per heavy atom. The van der Waals surface area contributed by atoms with Crippen LogP contribution in [0, 0.1) is 13.8 Å². The van der Waals surface area contributed by atoms with Gasteiger partial charge in [0.25, 0.3) is 5.91 Å². The predicted octanol–water partition coefficient (Wildman–Crippen LogP) is 1.71. The van der Waals surface area contributed by atoms with E-state index in [9.17, 15) is 19.2 Å². The topological polar surface area (TPSA) is 114 Å². The van der Waals surface area contributed by atoms with Gasteiger partial charge in [0.2, 0.25) is 5.91 Å². The van der Waals surface area contributed by atoms with E-state index in [4.69, 9.17) is 4.74 Å². The molecule has 24 heavy (non-hydrogen) atoms. The van der Waals surface area contributed by atoms with Crippen molar-refractivity contribution >= 4 is 40.2 Å². The van der Waals surface area contributed by atoms with Crippen molar-refractivity contribution in [1.82, 2.24) is 10.6 Å². The van der Waals surface area contributed by atoms with Gasteiger partial charge in [-0.1, -0.05) is 0 Å². The van der Waals surface area contributed by atoms with E-state index in [0.717, 1.165) is 4.88 Å². The zero-order valence-corrected chi connectivity index (χ0v) is 15.1. The third kappa shape index (κ3) is 5.65. The first-order valence-corrected chi connectivity index (χ1v) is 8.08. The summed E-state index contributed by atoms with van der Waals surface area (Å²) in [4.78, 5) is 47.3. The molecule has 0 aliphatic rings. The van der Waals surface area contributed by atoms with E-state index in [0.29, 0.717) is 10.6 Å². The third-order valence-corrected chi connectivity index (χ3v) is 4.01.